The van der Waals surface area contributed by atoms with E-state index < -0.39 is 0 Å². The molecule has 4 rings (SSSR count). The summed E-state index contributed by atoms with van der Waals surface area (Å²) in [6.07, 6.45) is 5.18. The molecular formula is C21H29N3O2. The van der Waals surface area contributed by atoms with Crippen molar-refractivity contribution in [2.45, 2.75) is 44.8 Å². The molecule has 0 saturated carbocycles. The monoisotopic (exact) mass is 355 g/mol. The quantitative estimate of drug-likeness (QED) is 0.887. The molecule has 2 aromatic rings. The third-order valence-corrected chi connectivity index (χ3v) is 6.12. The number of ether oxygens (including phenoxy) is 1. The maximum absolute atomic E-state index is 11.8. The lowest BCUT2D eigenvalue weighted by atomic mass is 9.78. The molecule has 3 heterocycles. The first kappa shape index (κ1) is 17.6. The topological polar surface area (TPSA) is 57.4 Å². The van der Waals surface area contributed by atoms with Crippen LogP contribution in [0.4, 0.5) is 0 Å². The number of hydrogen-bond acceptors (Lipinski definition) is 3. The SMILES string of the molecule is CC(C)C1NC(=O)COC12CCN(CCc1c[nH]c3ccccc13)CC2. The molecule has 1 spiro atoms. The van der Waals surface area contributed by atoms with Crippen molar-refractivity contribution in [2.75, 3.05) is 26.2 Å². The molecule has 2 aliphatic heterocycles. The predicted octanol–water partition coefficient (Wildman–Crippen LogP) is 2.72. The molecule has 5 heteroatoms. The van der Waals surface area contributed by atoms with Crippen LogP contribution in [0.15, 0.2) is 30.5 Å². The Kier molecular flexibility index (Phi) is 4.76. The van der Waals surface area contributed by atoms with Gasteiger partial charge in [0.2, 0.25) is 5.91 Å². The van der Waals surface area contributed by atoms with E-state index in [4.69, 9.17) is 4.74 Å². The number of para-hydroxylation sites is 1. The average molecular weight is 355 g/mol. The summed E-state index contributed by atoms with van der Waals surface area (Å²) in [5.74, 6) is 0.410. The van der Waals surface area contributed by atoms with E-state index in [9.17, 15) is 4.79 Å². The lowest BCUT2D eigenvalue weighted by Gasteiger charge is -2.50. The van der Waals surface area contributed by atoms with Gasteiger partial charge >= 0.3 is 0 Å². The van der Waals surface area contributed by atoms with Crippen LogP contribution >= 0.6 is 0 Å². The lowest BCUT2D eigenvalue weighted by Crippen LogP contribution is -2.65. The van der Waals surface area contributed by atoms with Gasteiger partial charge in [-0.3, -0.25) is 4.79 Å². The third kappa shape index (κ3) is 3.26. The first-order chi connectivity index (χ1) is 12.6. The van der Waals surface area contributed by atoms with Gasteiger partial charge in [0, 0.05) is 36.7 Å². The van der Waals surface area contributed by atoms with Crippen LogP contribution in [0, 0.1) is 5.92 Å². The van der Waals surface area contributed by atoms with Crippen LogP contribution in [0.2, 0.25) is 0 Å². The average Bonchev–Trinajstić information content (AvgIpc) is 3.06. The summed E-state index contributed by atoms with van der Waals surface area (Å²) < 4.78 is 6.11. The normalized spacial score (nSPS) is 23.7. The minimum Gasteiger partial charge on any atom is -0.363 e. The van der Waals surface area contributed by atoms with E-state index in [1.54, 1.807) is 0 Å². The Bertz CT molecular complexity index is 774. The number of rotatable bonds is 4. The van der Waals surface area contributed by atoms with Crippen LogP contribution < -0.4 is 5.32 Å². The zero-order valence-electron chi connectivity index (χ0n) is 15.8. The molecule has 0 radical (unpaired) electrons. The molecule has 1 aromatic heterocycles. The van der Waals surface area contributed by atoms with Crippen molar-refractivity contribution in [3.05, 3.63) is 36.0 Å². The Hall–Kier alpha value is -1.85. The Labute approximate surface area is 155 Å². The number of aromatic nitrogens is 1. The number of nitrogens with one attached hydrogen (secondary N) is 2. The number of H-pyrrole nitrogens is 1. The number of nitrogens with zero attached hydrogens (tertiary/aromatic N) is 1. The fraction of sp³-hybridized carbons (Fsp3) is 0.571. The highest BCUT2D eigenvalue weighted by atomic mass is 16.5. The van der Waals surface area contributed by atoms with Crippen LogP contribution in [-0.4, -0.2) is 53.7 Å². The third-order valence-electron chi connectivity index (χ3n) is 6.12. The number of piperidine rings is 1. The zero-order valence-corrected chi connectivity index (χ0v) is 15.8. The van der Waals surface area contributed by atoms with Crippen molar-refractivity contribution in [2.24, 2.45) is 5.92 Å². The molecule has 0 bridgehead atoms. The molecule has 1 amide bonds. The van der Waals surface area contributed by atoms with Gasteiger partial charge in [-0.1, -0.05) is 32.0 Å². The highest BCUT2D eigenvalue weighted by molar-refractivity contribution is 5.83. The highest BCUT2D eigenvalue weighted by Gasteiger charge is 2.47. The Balaban J connectivity index is 1.37. The van der Waals surface area contributed by atoms with Crippen molar-refractivity contribution in [1.82, 2.24) is 15.2 Å². The molecular weight excluding hydrogens is 326 g/mol. The van der Waals surface area contributed by atoms with Gasteiger partial charge < -0.3 is 19.9 Å². The maximum atomic E-state index is 11.8. The zero-order chi connectivity index (χ0) is 18.1. The molecule has 1 unspecified atom stereocenters. The number of carbonyl (C=O) groups is 1. The Morgan fingerprint density at radius 3 is 2.81 bits per heavy atom. The summed E-state index contributed by atoms with van der Waals surface area (Å²) in [6, 6.07) is 8.62. The van der Waals surface area contributed by atoms with Gasteiger partial charge in [0.15, 0.2) is 0 Å². The molecule has 2 fully saturated rings. The van der Waals surface area contributed by atoms with E-state index in [1.165, 1.54) is 16.5 Å². The number of likely N-dealkylation sites (tertiary alicyclic amines) is 1. The van der Waals surface area contributed by atoms with Gasteiger partial charge in [-0.05, 0) is 36.8 Å². The van der Waals surface area contributed by atoms with Gasteiger partial charge in [0.05, 0.1) is 11.6 Å². The van der Waals surface area contributed by atoms with Crippen molar-refractivity contribution >= 4 is 16.8 Å². The summed E-state index contributed by atoms with van der Waals surface area (Å²) in [4.78, 5) is 17.7. The number of hydrogen-bond donors (Lipinski definition) is 2. The number of morpholine rings is 1. The van der Waals surface area contributed by atoms with E-state index >= 15 is 0 Å². The standard InChI is InChI=1S/C21H29N3O2/c1-15(2)20-21(26-14-19(25)23-20)8-11-24(12-9-21)10-7-16-13-22-18-6-4-3-5-17(16)18/h3-6,13,15,20,22H,7-12,14H2,1-2H3,(H,23,25). The summed E-state index contributed by atoms with van der Waals surface area (Å²) in [6.45, 7) is 7.67. The first-order valence-corrected chi connectivity index (χ1v) is 9.78. The minimum absolute atomic E-state index is 0.0242. The minimum atomic E-state index is -0.181. The molecule has 0 aliphatic carbocycles. The Morgan fingerprint density at radius 2 is 2.04 bits per heavy atom. The lowest BCUT2D eigenvalue weighted by molar-refractivity contribution is -0.165. The van der Waals surface area contributed by atoms with Gasteiger partial charge in [0.1, 0.15) is 6.61 Å². The number of fused-ring (bicyclic) bond motifs is 1. The largest absolute Gasteiger partial charge is 0.363 e. The second-order valence-electron chi connectivity index (χ2n) is 8.09. The van der Waals surface area contributed by atoms with Crippen molar-refractivity contribution in [3.63, 3.8) is 0 Å². The number of aromatic amines is 1. The predicted molar refractivity (Wildman–Crippen MR) is 103 cm³/mol. The van der Waals surface area contributed by atoms with Crippen molar-refractivity contribution in [3.8, 4) is 0 Å². The molecule has 2 N–H and O–H groups in total. The summed E-state index contributed by atoms with van der Waals surface area (Å²) in [5, 5.41) is 4.51. The maximum Gasteiger partial charge on any atom is 0.246 e. The molecule has 2 aliphatic rings. The summed E-state index contributed by atoms with van der Waals surface area (Å²) >= 11 is 0. The number of benzene rings is 1. The van der Waals surface area contributed by atoms with E-state index in [0.29, 0.717) is 5.92 Å². The fourth-order valence-corrected chi connectivity index (χ4v) is 4.65. The number of amides is 1. The number of carbonyl (C=O) groups excluding carboxylic acids is 1. The molecule has 2 saturated heterocycles. The van der Waals surface area contributed by atoms with Gasteiger partial charge in [-0.25, -0.2) is 0 Å². The fourth-order valence-electron chi connectivity index (χ4n) is 4.65. The molecule has 140 valence electrons. The van der Waals surface area contributed by atoms with Crippen LogP contribution in [0.5, 0.6) is 0 Å². The van der Waals surface area contributed by atoms with Crippen molar-refractivity contribution < 1.29 is 9.53 Å². The van der Waals surface area contributed by atoms with E-state index in [0.717, 1.165) is 38.9 Å². The van der Waals surface area contributed by atoms with Gasteiger partial charge in [-0.2, -0.15) is 0 Å². The molecule has 26 heavy (non-hydrogen) atoms. The van der Waals surface area contributed by atoms with E-state index in [1.807, 2.05) is 0 Å². The van der Waals surface area contributed by atoms with Crippen LogP contribution in [0.25, 0.3) is 10.9 Å². The van der Waals surface area contributed by atoms with E-state index in [-0.39, 0.29) is 24.2 Å². The molecule has 1 atom stereocenters. The first-order valence-electron chi connectivity index (χ1n) is 9.78. The molecule has 1 aromatic carbocycles. The van der Waals surface area contributed by atoms with Gasteiger partial charge in [-0.15, -0.1) is 0 Å². The second-order valence-corrected chi connectivity index (χ2v) is 8.09. The Morgan fingerprint density at radius 1 is 1.27 bits per heavy atom. The van der Waals surface area contributed by atoms with Crippen LogP contribution in [-0.2, 0) is 16.0 Å². The van der Waals surface area contributed by atoms with Crippen LogP contribution in [0.3, 0.4) is 0 Å². The second kappa shape index (κ2) is 7.05. The van der Waals surface area contributed by atoms with Gasteiger partial charge in [0.25, 0.3) is 0 Å². The summed E-state index contributed by atoms with van der Waals surface area (Å²) in [5.41, 5.74) is 2.42. The van der Waals surface area contributed by atoms with Crippen molar-refractivity contribution in [1.29, 1.82) is 0 Å². The highest BCUT2D eigenvalue weighted by Crippen LogP contribution is 2.35. The smallest absolute Gasteiger partial charge is 0.246 e. The van der Waals surface area contributed by atoms with E-state index in [2.05, 4.69) is 59.5 Å². The molecule has 5 nitrogen and oxygen atoms in total. The van der Waals surface area contributed by atoms with Crippen LogP contribution in [0.1, 0.15) is 32.3 Å². The summed E-state index contributed by atoms with van der Waals surface area (Å²) in [7, 11) is 0.